The monoisotopic (exact) mass is 375 g/mol. The van der Waals surface area contributed by atoms with Crippen LogP contribution >= 0.6 is 0 Å². The third kappa shape index (κ3) is 4.30. The topological polar surface area (TPSA) is 53.4 Å². The highest BCUT2D eigenvalue weighted by atomic mass is 16.2. The molecule has 0 radical (unpaired) electrons. The summed E-state index contributed by atoms with van der Waals surface area (Å²) >= 11 is 0. The summed E-state index contributed by atoms with van der Waals surface area (Å²) in [5.41, 5.74) is 6.46. The van der Waals surface area contributed by atoms with Crippen LogP contribution in [0.4, 0.5) is 0 Å². The molecule has 2 aromatic carbocycles. The molecule has 0 spiro atoms. The van der Waals surface area contributed by atoms with E-state index in [4.69, 9.17) is 5.10 Å². The zero-order chi connectivity index (χ0) is 19.3. The Morgan fingerprint density at radius 2 is 1.61 bits per heavy atom. The van der Waals surface area contributed by atoms with Crippen molar-refractivity contribution in [3.05, 3.63) is 78.0 Å². The van der Waals surface area contributed by atoms with Crippen molar-refractivity contribution >= 4 is 5.91 Å². The van der Waals surface area contributed by atoms with E-state index in [0.717, 1.165) is 37.3 Å². The Labute approximate surface area is 165 Å². The first-order chi connectivity index (χ1) is 13.7. The van der Waals surface area contributed by atoms with Gasteiger partial charge in [-0.05, 0) is 12.6 Å². The Kier molecular flexibility index (Phi) is 5.50. The third-order valence-corrected chi connectivity index (χ3v) is 5.00. The standard InChI is InChI=1S/C22H25N5O/c1-25-12-14-26(15-13-25)24-22(28)20-17-27(16-18-8-4-2-5-9-18)23-21(20)19-10-6-3-7-11-19/h2-11,17H,12-16H2,1H3,(H,24,28). The van der Waals surface area contributed by atoms with E-state index >= 15 is 0 Å². The van der Waals surface area contributed by atoms with Gasteiger partial charge in [-0.25, -0.2) is 5.01 Å². The number of amides is 1. The Morgan fingerprint density at radius 3 is 2.29 bits per heavy atom. The van der Waals surface area contributed by atoms with Crippen molar-refractivity contribution in [2.24, 2.45) is 0 Å². The van der Waals surface area contributed by atoms with E-state index in [1.54, 1.807) is 0 Å². The fourth-order valence-electron chi connectivity index (χ4n) is 3.37. The van der Waals surface area contributed by atoms with Crippen molar-refractivity contribution in [2.45, 2.75) is 6.54 Å². The fourth-order valence-corrected chi connectivity index (χ4v) is 3.37. The SMILES string of the molecule is CN1CCN(NC(=O)c2cn(Cc3ccccc3)nc2-c2ccccc2)CC1. The molecule has 28 heavy (non-hydrogen) atoms. The number of likely N-dealkylation sites (N-methyl/N-ethyl adjacent to an activating group) is 1. The van der Waals surface area contributed by atoms with E-state index in [0.29, 0.717) is 17.8 Å². The number of nitrogens with one attached hydrogen (secondary N) is 1. The molecule has 1 aliphatic heterocycles. The highest BCUT2D eigenvalue weighted by Crippen LogP contribution is 2.22. The molecule has 1 fully saturated rings. The Hall–Kier alpha value is -2.96. The molecule has 0 saturated carbocycles. The van der Waals surface area contributed by atoms with Gasteiger partial charge in [-0.15, -0.1) is 0 Å². The molecular weight excluding hydrogens is 350 g/mol. The average molecular weight is 375 g/mol. The predicted molar refractivity (Wildman–Crippen MR) is 110 cm³/mol. The van der Waals surface area contributed by atoms with Crippen LogP contribution in [0.5, 0.6) is 0 Å². The molecule has 2 heterocycles. The molecule has 1 amide bonds. The molecule has 6 heteroatoms. The molecular formula is C22H25N5O. The van der Waals surface area contributed by atoms with Crippen LogP contribution in [0, 0.1) is 0 Å². The van der Waals surface area contributed by atoms with Crippen LogP contribution in [0.3, 0.4) is 0 Å². The van der Waals surface area contributed by atoms with E-state index in [-0.39, 0.29) is 5.91 Å². The van der Waals surface area contributed by atoms with Crippen molar-refractivity contribution in [3.63, 3.8) is 0 Å². The number of carbonyl (C=O) groups is 1. The van der Waals surface area contributed by atoms with Gasteiger partial charge in [0.25, 0.3) is 5.91 Å². The number of carbonyl (C=O) groups excluding carboxylic acids is 1. The first kappa shape index (κ1) is 18.4. The van der Waals surface area contributed by atoms with Gasteiger partial charge < -0.3 is 4.90 Å². The van der Waals surface area contributed by atoms with Crippen molar-refractivity contribution in [1.29, 1.82) is 0 Å². The molecule has 6 nitrogen and oxygen atoms in total. The number of hydrogen-bond donors (Lipinski definition) is 1. The second-order valence-electron chi connectivity index (χ2n) is 7.17. The van der Waals surface area contributed by atoms with Crippen LogP contribution in [0.2, 0.25) is 0 Å². The summed E-state index contributed by atoms with van der Waals surface area (Å²) in [6.45, 7) is 4.16. The van der Waals surface area contributed by atoms with Crippen molar-refractivity contribution in [1.82, 2.24) is 25.1 Å². The lowest BCUT2D eigenvalue weighted by molar-refractivity contribution is 0.0663. The lowest BCUT2D eigenvalue weighted by atomic mass is 10.1. The van der Waals surface area contributed by atoms with Gasteiger partial charge in [0.1, 0.15) is 5.69 Å². The molecule has 1 N–H and O–H groups in total. The van der Waals surface area contributed by atoms with E-state index in [9.17, 15) is 4.79 Å². The molecule has 1 aliphatic rings. The van der Waals surface area contributed by atoms with E-state index in [1.165, 1.54) is 0 Å². The van der Waals surface area contributed by atoms with Gasteiger partial charge in [0.15, 0.2) is 0 Å². The Bertz CT molecular complexity index is 915. The highest BCUT2D eigenvalue weighted by Gasteiger charge is 2.21. The predicted octanol–water partition coefficient (Wildman–Crippen LogP) is 2.49. The highest BCUT2D eigenvalue weighted by molar-refractivity contribution is 5.99. The number of nitrogens with zero attached hydrogens (tertiary/aromatic N) is 4. The van der Waals surface area contributed by atoms with Gasteiger partial charge in [0, 0.05) is 37.9 Å². The van der Waals surface area contributed by atoms with Crippen LogP contribution in [0.1, 0.15) is 15.9 Å². The number of aromatic nitrogens is 2. The minimum Gasteiger partial charge on any atom is -0.304 e. The summed E-state index contributed by atoms with van der Waals surface area (Å²) in [6.07, 6.45) is 1.85. The molecule has 1 saturated heterocycles. The van der Waals surface area contributed by atoms with Gasteiger partial charge in [-0.1, -0.05) is 60.7 Å². The van der Waals surface area contributed by atoms with Crippen LogP contribution in [-0.2, 0) is 6.54 Å². The molecule has 1 aromatic heterocycles. The van der Waals surface area contributed by atoms with Crippen LogP contribution < -0.4 is 5.43 Å². The number of rotatable bonds is 5. The second-order valence-corrected chi connectivity index (χ2v) is 7.17. The normalized spacial score (nSPS) is 15.5. The largest absolute Gasteiger partial charge is 0.304 e. The number of piperazine rings is 1. The maximum Gasteiger partial charge on any atom is 0.269 e. The van der Waals surface area contributed by atoms with E-state index in [2.05, 4.69) is 29.5 Å². The number of hydrazine groups is 1. The maximum atomic E-state index is 13.0. The lowest BCUT2D eigenvalue weighted by Gasteiger charge is -2.32. The average Bonchev–Trinajstić information content (AvgIpc) is 3.15. The summed E-state index contributed by atoms with van der Waals surface area (Å²) in [7, 11) is 2.10. The molecule has 144 valence electrons. The van der Waals surface area contributed by atoms with Gasteiger partial charge >= 0.3 is 0 Å². The van der Waals surface area contributed by atoms with Crippen molar-refractivity contribution in [3.8, 4) is 11.3 Å². The number of hydrogen-bond acceptors (Lipinski definition) is 4. The summed E-state index contributed by atoms with van der Waals surface area (Å²) < 4.78 is 1.84. The van der Waals surface area contributed by atoms with Gasteiger partial charge in [-0.2, -0.15) is 5.10 Å². The molecule has 0 bridgehead atoms. The first-order valence-electron chi connectivity index (χ1n) is 9.60. The fraction of sp³-hybridized carbons (Fsp3) is 0.273. The Morgan fingerprint density at radius 1 is 0.964 bits per heavy atom. The summed E-state index contributed by atoms with van der Waals surface area (Å²) in [6, 6.07) is 20.0. The van der Waals surface area contributed by atoms with Crippen LogP contribution in [0.25, 0.3) is 11.3 Å². The zero-order valence-corrected chi connectivity index (χ0v) is 16.1. The summed E-state index contributed by atoms with van der Waals surface area (Å²) in [4.78, 5) is 15.3. The van der Waals surface area contributed by atoms with E-state index in [1.807, 2.05) is 64.4 Å². The molecule has 0 unspecified atom stereocenters. The van der Waals surface area contributed by atoms with Gasteiger partial charge in [0.05, 0.1) is 12.1 Å². The lowest BCUT2D eigenvalue weighted by Crippen LogP contribution is -2.52. The molecule has 0 atom stereocenters. The zero-order valence-electron chi connectivity index (χ0n) is 16.1. The maximum absolute atomic E-state index is 13.0. The minimum absolute atomic E-state index is 0.109. The minimum atomic E-state index is -0.109. The van der Waals surface area contributed by atoms with Crippen LogP contribution in [-0.4, -0.2) is 58.8 Å². The summed E-state index contributed by atoms with van der Waals surface area (Å²) in [5, 5.41) is 6.72. The second kappa shape index (κ2) is 8.37. The van der Waals surface area contributed by atoms with Gasteiger partial charge in [0.2, 0.25) is 0 Å². The van der Waals surface area contributed by atoms with Gasteiger partial charge in [-0.3, -0.25) is 14.9 Å². The molecule has 0 aliphatic carbocycles. The Balaban J connectivity index is 1.59. The quantitative estimate of drug-likeness (QED) is 0.744. The third-order valence-electron chi connectivity index (χ3n) is 5.00. The number of benzene rings is 2. The molecule has 3 aromatic rings. The van der Waals surface area contributed by atoms with Crippen molar-refractivity contribution < 1.29 is 4.79 Å². The van der Waals surface area contributed by atoms with Crippen LogP contribution in [0.15, 0.2) is 66.9 Å². The smallest absolute Gasteiger partial charge is 0.269 e. The van der Waals surface area contributed by atoms with Crippen molar-refractivity contribution in [2.75, 3.05) is 33.2 Å². The molecule has 4 rings (SSSR count). The first-order valence-corrected chi connectivity index (χ1v) is 9.60. The van der Waals surface area contributed by atoms with E-state index < -0.39 is 0 Å². The summed E-state index contributed by atoms with van der Waals surface area (Å²) in [5.74, 6) is -0.109.